The second kappa shape index (κ2) is 8.52. The Morgan fingerprint density at radius 1 is 1.15 bits per heavy atom. The fourth-order valence-corrected chi connectivity index (χ4v) is 3.18. The number of fused-ring (bicyclic) bond motifs is 1. The summed E-state index contributed by atoms with van der Waals surface area (Å²) >= 11 is 0. The first-order valence-electron chi connectivity index (χ1n) is 9.00. The Labute approximate surface area is 154 Å². The highest BCUT2D eigenvalue weighted by molar-refractivity contribution is 5.82. The van der Waals surface area contributed by atoms with Crippen LogP contribution >= 0.6 is 0 Å². The lowest BCUT2D eigenvalue weighted by molar-refractivity contribution is -0.121. The number of nitrogens with zero attached hydrogens (tertiary/aromatic N) is 2. The zero-order valence-corrected chi connectivity index (χ0v) is 15.4. The average Bonchev–Trinajstić information content (AvgIpc) is 3.00. The van der Waals surface area contributed by atoms with E-state index in [0.29, 0.717) is 19.5 Å². The number of carbonyl (C=O) groups excluding carboxylic acids is 1. The lowest BCUT2D eigenvalue weighted by atomic mass is 10.1. The first-order chi connectivity index (χ1) is 12.7. The third kappa shape index (κ3) is 4.23. The summed E-state index contributed by atoms with van der Waals surface area (Å²) in [5.74, 6) is 0.960. The molecular weight excluding hydrogens is 326 g/mol. The van der Waals surface area contributed by atoms with Crippen molar-refractivity contribution in [3.05, 3.63) is 59.8 Å². The first-order valence-corrected chi connectivity index (χ1v) is 9.00. The molecule has 0 atom stereocenters. The van der Waals surface area contributed by atoms with Gasteiger partial charge in [0, 0.05) is 18.4 Å². The van der Waals surface area contributed by atoms with Gasteiger partial charge >= 0.3 is 0 Å². The van der Waals surface area contributed by atoms with Crippen LogP contribution in [0.5, 0.6) is 5.75 Å². The van der Waals surface area contributed by atoms with Crippen LogP contribution in [0.3, 0.4) is 0 Å². The summed E-state index contributed by atoms with van der Waals surface area (Å²) in [7, 11) is 1.68. The zero-order chi connectivity index (χ0) is 18.4. The molecule has 26 heavy (non-hydrogen) atoms. The van der Waals surface area contributed by atoms with E-state index in [0.717, 1.165) is 35.2 Å². The fraction of sp³-hybridized carbons (Fsp3) is 0.333. The van der Waals surface area contributed by atoms with Gasteiger partial charge < -0.3 is 10.1 Å². The third-order valence-corrected chi connectivity index (χ3v) is 4.53. The van der Waals surface area contributed by atoms with Crippen LogP contribution in [-0.2, 0) is 17.8 Å². The molecule has 5 heteroatoms. The van der Waals surface area contributed by atoms with Gasteiger partial charge in [-0.1, -0.05) is 36.4 Å². The monoisotopic (exact) mass is 351 g/mol. The van der Waals surface area contributed by atoms with Crippen LogP contribution in [0.1, 0.15) is 24.1 Å². The number of nitrogens with one attached hydrogen (secondary N) is 1. The molecule has 2 aromatic carbocycles. The lowest BCUT2D eigenvalue weighted by Crippen LogP contribution is -2.26. The van der Waals surface area contributed by atoms with E-state index in [1.807, 2.05) is 48.0 Å². The number of aromatic nitrogens is 2. The van der Waals surface area contributed by atoms with Crippen molar-refractivity contribution < 1.29 is 9.53 Å². The standard InChI is InChI=1S/C21H25N3O2/c1-16-18-10-4-5-11-19(18)24(23-16)15-13-21(25)22-14-7-9-17-8-3-6-12-20(17)26-2/h3-6,8,10-12H,7,9,13-15H2,1-2H3,(H,22,25). The third-order valence-electron chi connectivity index (χ3n) is 4.53. The number of aryl methyl sites for hydroxylation is 3. The largest absolute Gasteiger partial charge is 0.496 e. The summed E-state index contributed by atoms with van der Waals surface area (Å²) in [6.45, 7) is 3.25. The van der Waals surface area contributed by atoms with Crippen molar-refractivity contribution in [1.82, 2.24) is 15.1 Å². The minimum absolute atomic E-state index is 0.0576. The number of hydrogen-bond donors (Lipinski definition) is 1. The van der Waals surface area contributed by atoms with Gasteiger partial charge in [0.2, 0.25) is 5.91 Å². The molecule has 3 rings (SSSR count). The van der Waals surface area contributed by atoms with E-state index in [1.165, 1.54) is 5.56 Å². The van der Waals surface area contributed by atoms with Crippen molar-refractivity contribution in [3.8, 4) is 5.75 Å². The smallest absolute Gasteiger partial charge is 0.221 e. The van der Waals surface area contributed by atoms with Gasteiger partial charge in [-0.2, -0.15) is 5.10 Å². The minimum Gasteiger partial charge on any atom is -0.496 e. The van der Waals surface area contributed by atoms with Crippen LogP contribution in [0.15, 0.2) is 48.5 Å². The van der Waals surface area contributed by atoms with Crippen LogP contribution in [0.25, 0.3) is 10.9 Å². The van der Waals surface area contributed by atoms with Gasteiger partial charge in [0.1, 0.15) is 5.75 Å². The summed E-state index contributed by atoms with van der Waals surface area (Å²) in [5, 5.41) is 8.68. The number of benzene rings is 2. The summed E-state index contributed by atoms with van der Waals surface area (Å²) in [6.07, 6.45) is 2.20. The minimum atomic E-state index is 0.0576. The van der Waals surface area contributed by atoms with Crippen LogP contribution in [-0.4, -0.2) is 29.3 Å². The summed E-state index contributed by atoms with van der Waals surface area (Å²) < 4.78 is 7.27. The van der Waals surface area contributed by atoms with Gasteiger partial charge in [0.25, 0.3) is 0 Å². The van der Waals surface area contributed by atoms with E-state index in [4.69, 9.17) is 4.74 Å². The molecule has 5 nitrogen and oxygen atoms in total. The summed E-state index contributed by atoms with van der Waals surface area (Å²) in [4.78, 5) is 12.1. The molecule has 1 N–H and O–H groups in total. The first kappa shape index (κ1) is 18.0. The average molecular weight is 351 g/mol. The number of hydrogen-bond acceptors (Lipinski definition) is 3. The second-order valence-electron chi connectivity index (χ2n) is 6.34. The van der Waals surface area contributed by atoms with Crippen molar-refractivity contribution in [3.63, 3.8) is 0 Å². The number of carbonyl (C=O) groups is 1. The molecule has 0 fully saturated rings. The topological polar surface area (TPSA) is 56.1 Å². The Hall–Kier alpha value is -2.82. The molecule has 1 heterocycles. The van der Waals surface area contributed by atoms with Gasteiger partial charge in [0.15, 0.2) is 0 Å². The molecule has 0 spiro atoms. The van der Waals surface area contributed by atoms with Gasteiger partial charge in [0.05, 0.1) is 24.9 Å². The predicted octanol–water partition coefficient (Wildman–Crippen LogP) is 3.49. The molecule has 1 aromatic heterocycles. The SMILES string of the molecule is COc1ccccc1CCCNC(=O)CCn1nc(C)c2ccccc21. The number of ether oxygens (including phenoxy) is 1. The van der Waals surface area contributed by atoms with Gasteiger partial charge in [-0.15, -0.1) is 0 Å². The Balaban J connectivity index is 1.44. The number of methoxy groups -OCH3 is 1. The molecule has 0 aliphatic heterocycles. The van der Waals surface area contributed by atoms with Crippen molar-refractivity contribution in [2.75, 3.05) is 13.7 Å². The molecule has 0 aliphatic carbocycles. The zero-order valence-electron chi connectivity index (χ0n) is 15.4. The van der Waals surface area contributed by atoms with Gasteiger partial charge in [-0.05, 0) is 37.5 Å². The molecule has 1 amide bonds. The summed E-state index contributed by atoms with van der Waals surface area (Å²) in [5.41, 5.74) is 3.24. The number of rotatable bonds is 8. The Morgan fingerprint density at radius 3 is 2.77 bits per heavy atom. The lowest BCUT2D eigenvalue weighted by Gasteiger charge is -2.09. The molecule has 0 bridgehead atoms. The normalized spacial score (nSPS) is 10.8. The van der Waals surface area contributed by atoms with E-state index in [2.05, 4.69) is 22.5 Å². The van der Waals surface area contributed by atoms with Crippen LogP contribution in [0.2, 0.25) is 0 Å². The van der Waals surface area contributed by atoms with Crippen molar-refractivity contribution in [1.29, 1.82) is 0 Å². The summed E-state index contributed by atoms with van der Waals surface area (Å²) in [6, 6.07) is 16.1. The maximum atomic E-state index is 12.1. The fourth-order valence-electron chi connectivity index (χ4n) is 3.18. The van der Waals surface area contributed by atoms with Crippen molar-refractivity contribution in [2.45, 2.75) is 32.7 Å². The van der Waals surface area contributed by atoms with Gasteiger partial charge in [-0.25, -0.2) is 0 Å². The highest BCUT2D eigenvalue weighted by Gasteiger charge is 2.08. The van der Waals surface area contributed by atoms with E-state index in [1.54, 1.807) is 7.11 Å². The maximum absolute atomic E-state index is 12.1. The van der Waals surface area contributed by atoms with Crippen LogP contribution in [0, 0.1) is 6.92 Å². The molecule has 0 saturated heterocycles. The van der Waals surface area contributed by atoms with Gasteiger partial charge in [-0.3, -0.25) is 9.48 Å². The quantitative estimate of drug-likeness (QED) is 0.632. The van der Waals surface area contributed by atoms with Crippen LogP contribution < -0.4 is 10.1 Å². The van der Waals surface area contributed by atoms with E-state index >= 15 is 0 Å². The van der Waals surface area contributed by atoms with E-state index in [9.17, 15) is 4.79 Å². The highest BCUT2D eigenvalue weighted by atomic mass is 16.5. The second-order valence-corrected chi connectivity index (χ2v) is 6.34. The molecule has 0 unspecified atom stereocenters. The Kier molecular flexibility index (Phi) is 5.89. The maximum Gasteiger partial charge on any atom is 0.221 e. The van der Waals surface area contributed by atoms with Crippen molar-refractivity contribution >= 4 is 16.8 Å². The molecular formula is C21H25N3O2. The molecule has 0 saturated carbocycles. The Morgan fingerprint density at radius 2 is 1.92 bits per heavy atom. The van der Waals surface area contributed by atoms with Crippen molar-refractivity contribution in [2.24, 2.45) is 0 Å². The van der Waals surface area contributed by atoms with Crippen LogP contribution in [0.4, 0.5) is 0 Å². The molecule has 136 valence electrons. The molecule has 3 aromatic rings. The molecule has 0 aliphatic rings. The number of para-hydroxylation sites is 2. The molecule has 0 radical (unpaired) electrons. The highest BCUT2D eigenvalue weighted by Crippen LogP contribution is 2.19. The van der Waals surface area contributed by atoms with E-state index < -0.39 is 0 Å². The van der Waals surface area contributed by atoms with E-state index in [-0.39, 0.29) is 5.91 Å². The number of amides is 1. The predicted molar refractivity (Wildman–Crippen MR) is 103 cm³/mol. The Bertz CT molecular complexity index is 886.